The SMILES string of the molecule is Cc1cc(N(C)CCN2CCCC2)ccc1CO. The summed E-state index contributed by atoms with van der Waals surface area (Å²) in [5.41, 5.74) is 3.43. The molecule has 1 heterocycles. The third-order valence-electron chi connectivity index (χ3n) is 3.89. The van der Waals surface area contributed by atoms with Crippen molar-refractivity contribution in [3.63, 3.8) is 0 Å². The summed E-state index contributed by atoms with van der Waals surface area (Å²) in [7, 11) is 2.14. The van der Waals surface area contributed by atoms with E-state index in [-0.39, 0.29) is 6.61 Å². The number of rotatable bonds is 5. The Bertz CT molecular complexity index is 386. The molecule has 0 unspecified atom stereocenters. The molecule has 3 nitrogen and oxygen atoms in total. The van der Waals surface area contributed by atoms with Crippen molar-refractivity contribution in [3.8, 4) is 0 Å². The number of hydrogen-bond acceptors (Lipinski definition) is 3. The van der Waals surface area contributed by atoms with E-state index >= 15 is 0 Å². The van der Waals surface area contributed by atoms with Crippen molar-refractivity contribution in [2.45, 2.75) is 26.4 Å². The van der Waals surface area contributed by atoms with Gasteiger partial charge in [-0.25, -0.2) is 0 Å². The number of aliphatic hydroxyl groups is 1. The van der Waals surface area contributed by atoms with Crippen LogP contribution in [0.4, 0.5) is 5.69 Å². The second-order valence-electron chi connectivity index (χ2n) is 5.24. The molecule has 0 radical (unpaired) electrons. The summed E-state index contributed by atoms with van der Waals surface area (Å²) in [6.07, 6.45) is 2.71. The predicted molar refractivity (Wildman–Crippen MR) is 76.0 cm³/mol. The van der Waals surface area contributed by atoms with Gasteiger partial charge in [0.2, 0.25) is 0 Å². The Balaban J connectivity index is 1.91. The first-order chi connectivity index (χ1) is 8.70. The maximum Gasteiger partial charge on any atom is 0.0684 e. The molecule has 0 spiro atoms. The van der Waals surface area contributed by atoms with Crippen molar-refractivity contribution in [1.82, 2.24) is 4.90 Å². The molecule has 1 N–H and O–H groups in total. The summed E-state index contributed by atoms with van der Waals surface area (Å²) in [5, 5.41) is 9.17. The highest BCUT2D eigenvalue weighted by atomic mass is 16.3. The van der Waals surface area contributed by atoms with Crippen molar-refractivity contribution in [2.75, 3.05) is 38.1 Å². The Kier molecular flexibility index (Phi) is 4.61. The topological polar surface area (TPSA) is 26.7 Å². The first-order valence-corrected chi connectivity index (χ1v) is 6.84. The van der Waals surface area contributed by atoms with Gasteiger partial charge in [-0.05, 0) is 56.1 Å². The van der Waals surface area contributed by atoms with Crippen molar-refractivity contribution in [3.05, 3.63) is 29.3 Å². The minimum absolute atomic E-state index is 0.129. The van der Waals surface area contributed by atoms with Crippen LogP contribution < -0.4 is 4.90 Å². The fraction of sp³-hybridized carbons (Fsp3) is 0.600. The second kappa shape index (κ2) is 6.21. The molecule has 2 rings (SSSR count). The Morgan fingerprint density at radius 3 is 2.61 bits per heavy atom. The van der Waals surface area contributed by atoms with Gasteiger partial charge in [0.05, 0.1) is 6.61 Å². The van der Waals surface area contributed by atoms with Crippen LogP contribution in [0.2, 0.25) is 0 Å². The van der Waals surface area contributed by atoms with Crippen molar-refractivity contribution < 1.29 is 5.11 Å². The van der Waals surface area contributed by atoms with E-state index in [1.165, 1.54) is 37.2 Å². The van der Waals surface area contributed by atoms with Gasteiger partial charge in [-0.15, -0.1) is 0 Å². The fourth-order valence-electron chi connectivity index (χ4n) is 2.52. The summed E-state index contributed by atoms with van der Waals surface area (Å²) < 4.78 is 0. The number of likely N-dealkylation sites (N-methyl/N-ethyl adjacent to an activating group) is 1. The molecular formula is C15H24N2O. The number of hydrogen-bond donors (Lipinski definition) is 1. The summed E-state index contributed by atoms with van der Waals surface area (Å²) in [6.45, 7) is 6.93. The molecule has 1 aromatic carbocycles. The lowest BCUT2D eigenvalue weighted by molar-refractivity contribution is 0.281. The molecule has 1 saturated heterocycles. The highest BCUT2D eigenvalue weighted by Crippen LogP contribution is 2.18. The Hall–Kier alpha value is -1.06. The van der Waals surface area contributed by atoms with Crippen LogP contribution in [0.15, 0.2) is 18.2 Å². The zero-order chi connectivity index (χ0) is 13.0. The molecule has 0 aromatic heterocycles. The first kappa shape index (κ1) is 13.4. The van der Waals surface area contributed by atoms with Gasteiger partial charge in [0.25, 0.3) is 0 Å². The minimum Gasteiger partial charge on any atom is -0.392 e. The van der Waals surface area contributed by atoms with E-state index in [4.69, 9.17) is 0 Å². The quantitative estimate of drug-likeness (QED) is 0.863. The van der Waals surface area contributed by atoms with Crippen LogP contribution in [-0.4, -0.2) is 43.2 Å². The Labute approximate surface area is 110 Å². The van der Waals surface area contributed by atoms with E-state index in [0.717, 1.165) is 18.7 Å². The number of benzene rings is 1. The molecule has 100 valence electrons. The zero-order valence-electron chi connectivity index (χ0n) is 11.5. The fourth-order valence-corrected chi connectivity index (χ4v) is 2.52. The standard InChI is InChI=1S/C15H24N2O/c1-13-11-15(6-5-14(13)12-18)16(2)9-10-17-7-3-4-8-17/h5-6,11,18H,3-4,7-10,12H2,1-2H3. The van der Waals surface area contributed by atoms with Gasteiger partial charge in [0.15, 0.2) is 0 Å². The summed E-state index contributed by atoms with van der Waals surface area (Å²) >= 11 is 0. The van der Waals surface area contributed by atoms with Gasteiger partial charge in [0, 0.05) is 25.8 Å². The molecule has 0 atom stereocenters. The van der Waals surface area contributed by atoms with Crippen molar-refractivity contribution in [2.24, 2.45) is 0 Å². The van der Waals surface area contributed by atoms with Gasteiger partial charge in [-0.2, -0.15) is 0 Å². The summed E-state index contributed by atoms with van der Waals surface area (Å²) in [6, 6.07) is 6.29. The lowest BCUT2D eigenvalue weighted by atomic mass is 10.1. The van der Waals surface area contributed by atoms with Crippen LogP contribution in [0.25, 0.3) is 0 Å². The molecule has 3 heteroatoms. The maximum absolute atomic E-state index is 9.17. The van der Waals surface area contributed by atoms with Crippen molar-refractivity contribution >= 4 is 5.69 Å². The number of aliphatic hydroxyl groups excluding tert-OH is 1. The zero-order valence-corrected chi connectivity index (χ0v) is 11.5. The number of aryl methyl sites for hydroxylation is 1. The Morgan fingerprint density at radius 1 is 1.28 bits per heavy atom. The number of likely N-dealkylation sites (tertiary alicyclic amines) is 1. The highest BCUT2D eigenvalue weighted by molar-refractivity contribution is 5.50. The molecule has 0 saturated carbocycles. The van der Waals surface area contributed by atoms with E-state index < -0.39 is 0 Å². The molecule has 0 bridgehead atoms. The van der Waals surface area contributed by atoms with Crippen LogP contribution in [-0.2, 0) is 6.61 Å². The van der Waals surface area contributed by atoms with Crippen LogP contribution in [0.5, 0.6) is 0 Å². The van der Waals surface area contributed by atoms with E-state index in [2.05, 4.69) is 35.9 Å². The van der Waals surface area contributed by atoms with Gasteiger partial charge in [0.1, 0.15) is 0 Å². The van der Waals surface area contributed by atoms with Gasteiger partial charge in [-0.1, -0.05) is 6.07 Å². The van der Waals surface area contributed by atoms with E-state index in [9.17, 15) is 5.11 Å². The molecule has 1 aliphatic heterocycles. The lowest BCUT2D eigenvalue weighted by Crippen LogP contribution is -2.31. The van der Waals surface area contributed by atoms with E-state index in [1.807, 2.05) is 6.07 Å². The molecule has 0 amide bonds. The van der Waals surface area contributed by atoms with Crippen LogP contribution >= 0.6 is 0 Å². The largest absolute Gasteiger partial charge is 0.392 e. The normalized spacial score (nSPS) is 16.2. The third kappa shape index (κ3) is 3.24. The van der Waals surface area contributed by atoms with Gasteiger partial charge in [-0.3, -0.25) is 0 Å². The second-order valence-corrected chi connectivity index (χ2v) is 5.24. The minimum atomic E-state index is 0.129. The molecule has 1 aromatic rings. The number of nitrogens with zero attached hydrogens (tertiary/aromatic N) is 2. The maximum atomic E-state index is 9.17. The summed E-state index contributed by atoms with van der Waals surface area (Å²) in [4.78, 5) is 4.83. The monoisotopic (exact) mass is 248 g/mol. The van der Waals surface area contributed by atoms with Gasteiger partial charge < -0.3 is 14.9 Å². The lowest BCUT2D eigenvalue weighted by Gasteiger charge is -2.23. The van der Waals surface area contributed by atoms with Crippen molar-refractivity contribution in [1.29, 1.82) is 0 Å². The molecule has 0 aliphatic carbocycles. The molecular weight excluding hydrogens is 224 g/mol. The van der Waals surface area contributed by atoms with Crippen LogP contribution in [0.3, 0.4) is 0 Å². The highest BCUT2D eigenvalue weighted by Gasteiger charge is 2.12. The van der Waals surface area contributed by atoms with E-state index in [1.54, 1.807) is 0 Å². The van der Waals surface area contributed by atoms with Crippen LogP contribution in [0, 0.1) is 6.92 Å². The third-order valence-corrected chi connectivity index (χ3v) is 3.89. The van der Waals surface area contributed by atoms with Gasteiger partial charge >= 0.3 is 0 Å². The molecule has 1 aliphatic rings. The first-order valence-electron chi connectivity index (χ1n) is 6.84. The predicted octanol–water partition coefficient (Wildman–Crippen LogP) is 2.02. The average Bonchev–Trinajstić information content (AvgIpc) is 2.89. The number of anilines is 1. The van der Waals surface area contributed by atoms with Crippen LogP contribution in [0.1, 0.15) is 24.0 Å². The smallest absolute Gasteiger partial charge is 0.0684 e. The molecule has 1 fully saturated rings. The molecule has 18 heavy (non-hydrogen) atoms. The van der Waals surface area contributed by atoms with E-state index in [0.29, 0.717) is 0 Å². The average molecular weight is 248 g/mol. The Morgan fingerprint density at radius 2 is 2.00 bits per heavy atom. The summed E-state index contributed by atoms with van der Waals surface area (Å²) in [5.74, 6) is 0.